The Hall–Kier alpha value is -1.22. The predicted octanol–water partition coefficient (Wildman–Crippen LogP) is 6.24. The van der Waals surface area contributed by atoms with Crippen LogP contribution in [0.5, 0.6) is 0 Å². The summed E-state index contributed by atoms with van der Waals surface area (Å²) in [5.41, 5.74) is 2.68. The van der Waals surface area contributed by atoms with Crippen LogP contribution in [0.25, 0.3) is 0 Å². The third-order valence-corrected chi connectivity index (χ3v) is 5.68. The topological polar surface area (TPSA) is 9.23 Å². The van der Waals surface area contributed by atoms with E-state index in [1.54, 1.807) is 6.08 Å². The molecular formula is C21H28F2O. The minimum Gasteiger partial charge on any atom is -0.313 e. The molecule has 1 aliphatic heterocycles. The fourth-order valence-corrected chi connectivity index (χ4v) is 3.83. The van der Waals surface area contributed by atoms with Gasteiger partial charge in [0.15, 0.2) is 0 Å². The summed E-state index contributed by atoms with van der Waals surface area (Å²) >= 11 is 0. The second-order valence-electron chi connectivity index (χ2n) is 7.62. The Morgan fingerprint density at radius 2 is 1.75 bits per heavy atom. The smallest absolute Gasteiger partial charge is 0.313 e. The van der Waals surface area contributed by atoms with Crippen molar-refractivity contribution < 1.29 is 13.5 Å². The van der Waals surface area contributed by atoms with Crippen molar-refractivity contribution in [3.05, 3.63) is 47.0 Å². The number of halogens is 2. The SMILES string of the molecule is CC1=CCC(CCc2ccc(C3CCC(C)CC3)cc2)OC1(F)F. The second-order valence-corrected chi connectivity index (χ2v) is 7.62. The van der Waals surface area contributed by atoms with Gasteiger partial charge in [-0.05, 0) is 62.0 Å². The standard InChI is InChI=1S/C21H28F2O/c1-15-3-9-18(10-4-15)19-11-6-17(7-12-19)8-14-20-13-5-16(2)21(22,23)24-20/h5-7,11-12,15,18,20H,3-4,8-10,13-14H2,1-2H3. The normalized spacial score (nSPS) is 30.0. The van der Waals surface area contributed by atoms with Crippen molar-refractivity contribution in [2.45, 2.75) is 76.9 Å². The molecule has 1 atom stereocenters. The summed E-state index contributed by atoms with van der Waals surface area (Å²) in [4.78, 5) is 0. The number of aryl methyl sites for hydroxylation is 1. The van der Waals surface area contributed by atoms with Crippen molar-refractivity contribution >= 4 is 0 Å². The minimum absolute atomic E-state index is 0.0323. The maximum absolute atomic E-state index is 13.6. The van der Waals surface area contributed by atoms with Crippen molar-refractivity contribution in [1.29, 1.82) is 0 Å². The highest BCUT2D eigenvalue weighted by molar-refractivity contribution is 5.26. The first-order valence-corrected chi connectivity index (χ1v) is 9.26. The van der Waals surface area contributed by atoms with Crippen molar-refractivity contribution in [1.82, 2.24) is 0 Å². The highest BCUT2D eigenvalue weighted by atomic mass is 19.3. The predicted molar refractivity (Wildman–Crippen MR) is 93.3 cm³/mol. The monoisotopic (exact) mass is 334 g/mol. The first-order chi connectivity index (χ1) is 11.4. The van der Waals surface area contributed by atoms with Gasteiger partial charge in [0.25, 0.3) is 0 Å². The fourth-order valence-electron chi connectivity index (χ4n) is 3.83. The van der Waals surface area contributed by atoms with Gasteiger partial charge in [-0.3, -0.25) is 0 Å². The lowest BCUT2D eigenvalue weighted by Gasteiger charge is -2.29. The molecule has 24 heavy (non-hydrogen) atoms. The van der Waals surface area contributed by atoms with Gasteiger partial charge in [-0.2, -0.15) is 8.78 Å². The van der Waals surface area contributed by atoms with Crippen LogP contribution in [0.3, 0.4) is 0 Å². The Balaban J connectivity index is 1.52. The average molecular weight is 334 g/mol. The molecule has 132 valence electrons. The molecule has 0 bridgehead atoms. The molecule has 0 N–H and O–H groups in total. The van der Waals surface area contributed by atoms with Crippen molar-refractivity contribution in [2.75, 3.05) is 0 Å². The molecule has 0 saturated heterocycles. The summed E-state index contributed by atoms with van der Waals surface area (Å²) in [7, 11) is 0. The molecule has 0 aromatic heterocycles. The Labute approximate surface area is 144 Å². The largest absolute Gasteiger partial charge is 0.379 e. The maximum Gasteiger partial charge on any atom is 0.379 e. The lowest BCUT2D eigenvalue weighted by molar-refractivity contribution is -0.242. The van der Waals surface area contributed by atoms with Gasteiger partial charge in [-0.15, -0.1) is 0 Å². The van der Waals surface area contributed by atoms with E-state index in [0.717, 1.165) is 12.3 Å². The van der Waals surface area contributed by atoms with E-state index in [2.05, 4.69) is 31.2 Å². The highest BCUT2D eigenvalue weighted by Crippen LogP contribution is 2.36. The molecule has 1 heterocycles. The van der Waals surface area contributed by atoms with E-state index in [-0.39, 0.29) is 11.7 Å². The van der Waals surface area contributed by atoms with Crippen LogP contribution in [0.15, 0.2) is 35.9 Å². The lowest BCUT2D eigenvalue weighted by Crippen LogP contribution is -2.33. The summed E-state index contributed by atoms with van der Waals surface area (Å²) in [6.07, 6.45) is 5.37. The summed E-state index contributed by atoms with van der Waals surface area (Å²) < 4.78 is 32.1. The van der Waals surface area contributed by atoms with Crippen LogP contribution < -0.4 is 0 Å². The molecule has 0 spiro atoms. The van der Waals surface area contributed by atoms with Gasteiger partial charge in [0.2, 0.25) is 0 Å². The van der Waals surface area contributed by atoms with E-state index in [4.69, 9.17) is 4.74 Å². The Morgan fingerprint density at radius 1 is 1.08 bits per heavy atom. The molecule has 1 saturated carbocycles. The number of ether oxygens (including phenoxy) is 1. The molecule has 3 rings (SSSR count). The van der Waals surface area contributed by atoms with E-state index >= 15 is 0 Å². The number of benzene rings is 1. The van der Waals surface area contributed by atoms with Crippen LogP contribution in [0.2, 0.25) is 0 Å². The van der Waals surface area contributed by atoms with E-state index in [9.17, 15) is 8.78 Å². The highest BCUT2D eigenvalue weighted by Gasteiger charge is 2.38. The number of hydrogen-bond acceptors (Lipinski definition) is 1. The molecule has 1 unspecified atom stereocenters. The number of alkyl halides is 2. The van der Waals surface area contributed by atoms with Crippen LogP contribution in [0.1, 0.15) is 69.4 Å². The fraction of sp³-hybridized carbons (Fsp3) is 0.619. The van der Waals surface area contributed by atoms with Gasteiger partial charge >= 0.3 is 6.11 Å². The van der Waals surface area contributed by atoms with Crippen molar-refractivity contribution in [3.8, 4) is 0 Å². The molecule has 1 aromatic rings. The van der Waals surface area contributed by atoms with Gasteiger partial charge in [-0.1, -0.05) is 50.1 Å². The van der Waals surface area contributed by atoms with Gasteiger partial charge in [0.05, 0.1) is 6.10 Å². The Bertz CT molecular complexity index is 568. The van der Waals surface area contributed by atoms with E-state index in [1.165, 1.54) is 43.7 Å². The van der Waals surface area contributed by atoms with Crippen LogP contribution in [0, 0.1) is 5.92 Å². The molecule has 1 aliphatic carbocycles. The number of rotatable bonds is 4. The zero-order valence-electron chi connectivity index (χ0n) is 14.7. The van der Waals surface area contributed by atoms with Crippen LogP contribution >= 0.6 is 0 Å². The maximum atomic E-state index is 13.6. The van der Waals surface area contributed by atoms with Crippen molar-refractivity contribution in [3.63, 3.8) is 0 Å². The third-order valence-electron chi connectivity index (χ3n) is 5.68. The van der Waals surface area contributed by atoms with E-state index in [1.807, 2.05) is 0 Å². The molecule has 0 amide bonds. The zero-order chi connectivity index (χ0) is 17.2. The molecule has 1 aromatic carbocycles. The van der Waals surface area contributed by atoms with Crippen LogP contribution in [-0.4, -0.2) is 12.2 Å². The molecule has 1 nitrogen and oxygen atoms in total. The lowest BCUT2D eigenvalue weighted by atomic mass is 9.79. The zero-order valence-corrected chi connectivity index (χ0v) is 14.7. The molecule has 1 fully saturated rings. The Kier molecular flexibility index (Phi) is 5.39. The quantitative estimate of drug-likeness (QED) is 0.592. The van der Waals surface area contributed by atoms with E-state index < -0.39 is 6.11 Å². The Morgan fingerprint density at radius 3 is 2.38 bits per heavy atom. The van der Waals surface area contributed by atoms with Crippen molar-refractivity contribution in [2.24, 2.45) is 5.92 Å². The summed E-state index contributed by atoms with van der Waals surface area (Å²) in [6.45, 7) is 3.77. The summed E-state index contributed by atoms with van der Waals surface area (Å²) in [5.74, 6) is 1.57. The third kappa shape index (κ3) is 4.24. The number of hydrogen-bond donors (Lipinski definition) is 0. The van der Waals surface area contributed by atoms with Crippen LogP contribution in [0.4, 0.5) is 8.78 Å². The van der Waals surface area contributed by atoms with E-state index in [0.29, 0.717) is 18.8 Å². The molecule has 3 heteroatoms. The minimum atomic E-state index is -3.09. The first kappa shape index (κ1) is 17.6. The first-order valence-electron chi connectivity index (χ1n) is 9.26. The molecular weight excluding hydrogens is 306 g/mol. The molecule has 2 aliphatic rings. The van der Waals surface area contributed by atoms with Gasteiger partial charge in [0.1, 0.15) is 0 Å². The molecule has 0 radical (unpaired) electrons. The van der Waals surface area contributed by atoms with Gasteiger partial charge < -0.3 is 4.74 Å². The average Bonchev–Trinajstić information content (AvgIpc) is 2.57. The summed E-state index contributed by atoms with van der Waals surface area (Å²) in [5, 5.41) is 0. The van der Waals surface area contributed by atoms with Crippen LogP contribution in [-0.2, 0) is 11.2 Å². The second kappa shape index (κ2) is 7.35. The summed E-state index contributed by atoms with van der Waals surface area (Å²) in [6, 6.07) is 8.79. The van der Waals surface area contributed by atoms with Gasteiger partial charge in [-0.25, -0.2) is 0 Å². The van der Waals surface area contributed by atoms with Gasteiger partial charge in [0, 0.05) is 5.57 Å².